The Morgan fingerprint density at radius 2 is 2.04 bits per heavy atom. The molecule has 0 atom stereocenters. The molecule has 0 fully saturated rings. The lowest BCUT2D eigenvalue weighted by atomic mass is 10.1. The van der Waals surface area contributed by atoms with E-state index in [1.54, 1.807) is 19.6 Å². The third kappa shape index (κ3) is 2.85. The van der Waals surface area contributed by atoms with Crippen LogP contribution in [-0.2, 0) is 0 Å². The van der Waals surface area contributed by atoms with Gasteiger partial charge in [-0.05, 0) is 13.0 Å². The number of nitrogens with zero attached hydrogens (tertiary/aromatic N) is 5. The molecule has 0 amide bonds. The number of methoxy groups -OCH3 is 1. The number of H-pyrrole nitrogens is 1. The molecule has 3 heterocycles. The molecule has 0 saturated heterocycles. The zero-order chi connectivity index (χ0) is 16.4. The van der Waals surface area contributed by atoms with Crippen molar-refractivity contribution in [3.05, 3.63) is 30.4 Å². The molecule has 0 radical (unpaired) electrons. The van der Waals surface area contributed by atoms with Crippen LogP contribution in [0.2, 0.25) is 0 Å². The first-order valence-corrected chi connectivity index (χ1v) is 7.14. The van der Waals surface area contributed by atoms with Gasteiger partial charge in [0.2, 0.25) is 5.88 Å². The highest BCUT2D eigenvalue weighted by Gasteiger charge is 2.16. The SMILES string of the molecule is COc1ccc(-c2c(C)[nH]c3ncnc(/N=C/N(C)C)c23)cn1. The zero-order valence-corrected chi connectivity index (χ0v) is 13.5. The van der Waals surface area contributed by atoms with E-state index < -0.39 is 0 Å². The van der Waals surface area contributed by atoms with Crippen molar-refractivity contribution >= 4 is 23.2 Å². The summed E-state index contributed by atoms with van der Waals surface area (Å²) in [6.07, 6.45) is 5.01. The molecule has 23 heavy (non-hydrogen) atoms. The van der Waals surface area contributed by atoms with Crippen molar-refractivity contribution in [2.45, 2.75) is 6.92 Å². The highest BCUT2D eigenvalue weighted by atomic mass is 16.5. The number of hydrogen-bond donors (Lipinski definition) is 1. The lowest BCUT2D eigenvalue weighted by Gasteiger charge is -2.05. The number of fused-ring (bicyclic) bond motifs is 1. The fourth-order valence-corrected chi connectivity index (χ4v) is 2.41. The molecule has 0 aliphatic carbocycles. The lowest BCUT2D eigenvalue weighted by molar-refractivity contribution is 0.398. The van der Waals surface area contributed by atoms with Crippen molar-refractivity contribution in [1.82, 2.24) is 24.8 Å². The summed E-state index contributed by atoms with van der Waals surface area (Å²) in [4.78, 5) is 22.5. The second-order valence-electron chi connectivity index (χ2n) is 5.34. The Kier molecular flexibility index (Phi) is 3.92. The second-order valence-corrected chi connectivity index (χ2v) is 5.34. The minimum Gasteiger partial charge on any atom is -0.481 e. The van der Waals surface area contributed by atoms with Crippen molar-refractivity contribution in [2.75, 3.05) is 21.2 Å². The Hall–Kier alpha value is -2.96. The summed E-state index contributed by atoms with van der Waals surface area (Å²) in [6.45, 7) is 2.00. The first-order chi connectivity index (χ1) is 11.1. The molecule has 3 rings (SSSR count). The molecule has 0 unspecified atom stereocenters. The Labute approximate surface area is 134 Å². The maximum absolute atomic E-state index is 5.12. The van der Waals surface area contributed by atoms with Gasteiger partial charge in [-0.1, -0.05) is 0 Å². The largest absolute Gasteiger partial charge is 0.481 e. The summed E-state index contributed by atoms with van der Waals surface area (Å²) in [5.41, 5.74) is 3.72. The van der Waals surface area contributed by atoms with E-state index in [1.807, 2.05) is 38.1 Å². The predicted octanol–water partition coefficient (Wildman–Crippen LogP) is 2.56. The minimum absolute atomic E-state index is 0.577. The van der Waals surface area contributed by atoms with Gasteiger partial charge in [-0.3, -0.25) is 0 Å². The molecule has 0 saturated carbocycles. The van der Waals surface area contributed by atoms with E-state index in [9.17, 15) is 0 Å². The van der Waals surface area contributed by atoms with Crippen LogP contribution in [0.15, 0.2) is 29.6 Å². The number of nitrogens with one attached hydrogen (secondary N) is 1. The minimum atomic E-state index is 0.577. The van der Waals surface area contributed by atoms with Crippen LogP contribution in [-0.4, -0.2) is 52.4 Å². The number of aromatic amines is 1. The fraction of sp³-hybridized carbons (Fsp3) is 0.250. The van der Waals surface area contributed by atoms with E-state index in [1.165, 1.54) is 6.33 Å². The average molecular weight is 310 g/mol. The van der Waals surface area contributed by atoms with Gasteiger partial charge >= 0.3 is 0 Å². The standard InChI is InChI=1S/C16H18N6O/c1-10-13(11-5-6-12(23-4)17-7-11)14-15(20-9-22(2)3)18-8-19-16(14)21-10/h5-9H,1-4H3,(H,18,19,21)/b20-9+. The molecular weight excluding hydrogens is 292 g/mol. The van der Waals surface area contributed by atoms with Crippen LogP contribution in [0.4, 0.5) is 5.82 Å². The van der Waals surface area contributed by atoms with Crippen molar-refractivity contribution < 1.29 is 4.74 Å². The maximum atomic E-state index is 5.12. The van der Waals surface area contributed by atoms with Crippen molar-refractivity contribution in [1.29, 1.82) is 0 Å². The first-order valence-electron chi connectivity index (χ1n) is 7.14. The number of aliphatic imine (C=N–C) groups is 1. The molecule has 0 aliphatic rings. The molecule has 0 spiro atoms. The van der Waals surface area contributed by atoms with Crippen LogP contribution in [0.3, 0.4) is 0 Å². The third-order valence-corrected chi connectivity index (χ3v) is 3.40. The van der Waals surface area contributed by atoms with Crippen LogP contribution >= 0.6 is 0 Å². The number of hydrogen-bond acceptors (Lipinski definition) is 5. The molecule has 0 aliphatic heterocycles. The normalized spacial score (nSPS) is 11.3. The summed E-state index contributed by atoms with van der Waals surface area (Å²) >= 11 is 0. The molecule has 3 aromatic rings. The molecule has 3 aromatic heterocycles. The topological polar surface area (TPSA) is 79.3 Å². The molecular formula is C16H18N6O. The molecule has 1 N–H and O–H groups in total. The van der Waals surface area contributed by atoms with Crippen LogP contribution in [0.5, 0.6) is 5.88 Å². The van der Waals surface area contributed by atoms with E-state index in [-0.39, 0.29) is 0 Å². The van der Waals surface area contributed by atoms with Crippen LogP contribution in [0.25, 0.3) is 22.2 Å². The van der Waals surface area contributed by atoms with Crippen LogP contribution in [0.1, 0.15) is 5.69 Å². The monoisotopic (exact) mass is 310 g/mol. The van der Waals surface area contributed by atoms with Gasteiger partial charge in [-0.15, -0.1) is 0 Å². The summed E-state index contributed by atoms with van der Waals surface area (Å²) in [5, 5.41) is 0.884. The van der Waals surface area contributed by atoms with Gasteiger partial charge in [0, 0.05) is 43.2 Å². The maximum Gasteiger partial charge on any atom is 0.212 e. The van der Waals surface area contributed by atoms with Crippen LogP contribution in [0, 0.1) is 6.92 Å². The number of rotatable bonds is 4. The second kappa shape index (κ2) is 6.04. The highest BCUT2D eigenvalue weighted by molar-refractivity contribution is 6.02. The van der Waals surface area contributed by atoms with E-state index in [4.69, 9.17) is 4.74 Å². The third-order valence-electron chi connectivity index (χ3n) is 3.40. The summed E-state index contributed by atoms with van der Waals surface area (Å²) in [7, 11) is 5.43. The molecule has 0 bridgehead atoms. The average Bonchev–Trinajstić information content (AvgIpc) is 2.89. The van der Waals surface area contributed by atoms with Gasteiger partial charge in [-0.2, -0.15) is 0 Å². The first kappa shape index (κ1) is 15.0. The molecule has 7 nitrogen and oxygen atoms in total. The van der Waals surface area contributed by atoms with Crippen molar-refractivity contribution in [3.63, 3.8) is 0 Å². The molecule has 118 valence electrons. The van der Waals surface area contributed by atoms with Crippen molar-refractivity contribution in [2.24, 2.45) is 4.99 Å². The lowest BCUT2D eigenvalue weighted by Crippen LogP contribution is -2.07. The molecule has 7 heteroatoms. The van der Waals surface area contributed by atoms with Crippen molar-refractivity contribution in [3.8, 4) is 17.0 Å². The molecule has 0 aromatic carbocycles. The number of pyridine rings is 1. The van der Waals surface area contributed by atoms with Gasteiger partial charge in [0.15, 0.2) is 5.82 Å². The van der Waals surface area contributed by atoms with E-state index in [0.717, 1.165) is 27.9 Å². The van der Waals surface area contributed by atoms with Gasteiger partial charge < -0.3 is 14.6 Å². The van der Waals surface area contributed by atoms with Crippen LogP contribution < -0.4 is 4.74 Å². The summed E-state index contributed by atoms with van der Waals surface area (Å²) < 4.78 is 5.12. The van der Waals surface area contributed by atoms with Gasteiger partial charge in [0.05, 0.1) is 18.8 Å². The summed E-state index contributed by atoms with van der Waals surface area (Å²) in [6, 6.07) is 3.80. The Morgan fingerprint density at radius 3 is 2.70 bits per heavy atom. The number of aromatic nitrogens is 4. The van der Waals surface area contributed by atoms with Gasteiger partial charge in [0.25, 0.3) is 0 Å². The zero-order valence-electron chi connectivity index (χ0n) is 13.5. The summed E-state index contributed by atoms with van der Waals surface area (Å²) in [5.74, 6) is 1.20. The Morgan fingerprint density at radius 1 is 1.22 bits per heavy atom. The smallest absolute Gasteiger partial charge is 0.212 e. The highest BCUT2D eigenvalue weighted by Crippen LogP contribution is 2.35. The van der Waals surface area contributed by atoms with E-state index in [2.05, 4.69) is 24.9 Å². The Bertz CT molecular complexity index is 851. The van der Waals surface area contributed by atoms with Gasteiger partial charge in [0.1, 0.15) is 12.0 Å². The predicted molar refractivity (Wildman–Crippen MR) is 90.2 cm³/mol. The van der Waals surface area contributed by atoms with E-state index >= 15 is 0 Å². The Balaban J connectivity index is 2.20. The quantitative estimate of drug-likeness (QED) is 0.592. The van der Waals surface area contributed by atoms with Gasteiger partial charge in [-0.25, -0.2) is 19.9 Å². The van der Waals surface area contributed by atoms with E-state index in [0.29, 0.717) is 11.7 Å². The number of aryl methyl sites for hydroxylation is 1. The number of ether oxygens (including phenoxy) is 1. The fourth-order valence-electron chi connectivity index (χ4n) is 2.41.